The number of nitrogens with one attached hydrogen (secondary N) is 3. The Balaban J connectivity index is 0.000000131. The topological polar surface area (TPSA) is 39.3 Å². The summed E-state index contributed by atoms with van der Waals surface area (Å²) in [5.74, 6) is 0. The zero-order valence-corrected chi connectivity index (χ0v) is 52.4. The molecule has 0 amide bonds. The van der Waals surface area contributed by atoms with E-state index < -0.39 is 8.07 Å². The Morgan fingerprint density at radius 3 is 1.04 bits per heavy atom. The molecule has 15 rings (SSSR count). The van der Waals surface area contributed by atoms with Crippen LogP contribution in [0.3, 0.4) is 0 Å². The van der Waals surface area contributed by atoms with E-state index in [9.17, 15) is 0 Å². The molecule has 14 aromatic carbocycles. The lowest BCUT2D eigenvalue weighted by molar-refractivity contribution is 0.660. The van der Waals surface area contributed by atoms with Gasteiger partial charge >= 0.3 is 0 Å². The Morgan fingerprint density at radius 2 is 0.587 bits per heavy atom. The van der Waals surface area contributed by atoms with Gasteiger partial charge in [-0.25, -0.2) is 0 Å². The van der Waals surface area contributed by atoms with Crippen LogP contribution in [0, 0.1) is 0 Å². The Bertz CT molecular complexity index is 4760. The number of nitrogens with zero attached hydrogens (tertiary/aromatic N) is 1. The molecule has 1 aliphatic rings. The van der Waals surface area contributed by atoms with Gasteiger partial charge in [-0.3, -0.25) is 0 Å². The molecule has 3 N–H and O–H groups in total. The minimum atomic E-state index is -2.44. The molecule has 0 aliphatic heterocycles. The molecule has 0 saturated heterocycles. The molecule has 14 aromatic rings. The summed E-state index contributed by atoms with van der Waals surface area (Å²) in [4.78, 5) is 2.27. The van der Waals surface area contributed by atoms with Crippen LogP contribution in [0.25, 0.3) is 33.4 Å². The fraction of sp³-hybridized carbons (Fsp3) is 0.0345. The van der Waals surface area contributed by atoms with Crippen molar-refractivity contribution in [2.45, 2.75) is 19.3 Å². The largest absolute Gasteiger partial charge is 0.356 e. The number of fused-ring (bicyclic) bond motifs is 3. The maximum absolute atomic E-state index is 8.18. The van der Waals surface area contributed by atoms with Gasteiger partial charge in [0, 0.05) is 56.6 Å². The van der Waals surface area contributed by atoms with E-state index in [1.54, 1.807) is 12.1 Å². The Labute approximate surface area is 550 Å². The first-order valence-corrected chi connectivity index (χ1v) is 33.1. The molecule has 444 valence electrons. The quantitative estimate of drug-likeness (QED) is 0.0707. The third kappa shape index (κ3) is 13.3. The van der Waals surface area contributed by atoms with E-state index in [0.29, 0.717) is 5.56 Å². The minimum absolute atomic E-state index is 0.0749. The van der Waals surface area contributed by atoms with Crippen LogP contribution in [0.15, 0.2) is 382 Å². The van der Waals surface area contributed by atoms with E-state index in [0.717, 1.165) is 51.2 Å². The van der Waals surface area contributed by atoms with E-state index in [2.05, 4.69) is 326 Å². The van der Waals surface area contributed by atoms with Crippen LogP contribution in [0.2, 0.25) is 0 Å². The highest BCUT2D eigenvalue weighted by Gasteiger charge is 2.41. The van der Waals surface area contributed by atoms with Gasteiger partial charge < -0.3 is 20.9 Å². The molecule has 0 fully saturated rings. The highest BCUT2D eigenvalue weighted by Crippen LogP contribution is 2.49. The van der Waals surface area contributed by atoms with Gasteiger partial charge in [-0.2, -0.15) is 0 Å². The highest BCUT2D eigenvalue weighted by atomic mass is 28.3. The zero-order chi connectivity index (χ0) is 66.7. The standard InChI is InChI=1S/C30H24N2.C30H25NSi.C27H23N/c1-4-10-26(11-5-1)31-27-20-16-24(17-21-27)25-18-22-30(23-19-25)32(28-12-6-2-7-13-28)29-14-8-3-9-15-29;1-5-13-25(14-6-1)31-26-21-23-30(24-22-26)32(27-15-7-2-8-16-27,28-17-9-3-10-18-28)29-19-11-4-12-20-29;1-27(2)25-11-7-6-10-23(25)24-17-16-22(18-26(24)27)28-21-14-12-20(13-15-21)19-8-4-3-5-9-19/h1-23,31H;1-24,31H;3-18,28H,1-2H3/i;;3D,4D,5D,8D,9D. The average molecular weight is 1210 g/mol. The van der Waals surface area contributed by atoms with Gasteiger partial charge in [0.15, 0.2) is 8.07 Å². The Kier molecular flexibility index (Phi) is 16.2. The lowest BCUT2D eigenvalue weighted by atomic mass is 9.82. The summed E-state index contributed by atoms with van der Waals surface area (Å²) in [5.41, 5.74) is 17.9. The van der Waals surface area contributed by atoms with Crippen molar-refractivity contribution in [3.63, 3.8) is 0 Å². The summed E-state index contributed by atoms with van der Waals surface area (Å²) in [5, 5.41) is 15.9. The number of benzene rings is 14. The van der Waals surface area contributed by atoms with E-state index >= 15 is 0 Å². The predicted octanol–water partition coefficient (Wildman–Crippen LogP) is 20.8. The molecule has 0 unspecified atom stereocenters. The maximum Gasteiger partial charge on any atom is 0.179 e. The molecule has 0 saturated carbocycles. The van der Waals surface area contributed by atoms with Crippen LogP contribution in [0.1, 0.15) is 31.8 Å². The van der Waals surface area contributed by atoms with Gasteiger partial charge in [0.2, 0.25) is 0 Å². The monoisotopic (exact) mass is 1210 g/mol. The SMILES string of the molecule is [2H]c1c([2H])c([2H])c(-c2ccc(Nc3ccc4c(c3)C(C)(C)c3ccccc3-4)cc2)c([2H])c1[2H].c1ccc(Nc2ccc(-c3ccc(N(c4ccccc4)c4ccccc4)cc3)cc2)cc1.c1ccc(Nc2ccc([Si](c3ccccc3)(c3ccccc3)c3ccccc3)cc2)cc1. The second-order valence-corrected chi connectivity index (χ2v) is 27.0. The summed E-state index contributed by atoms with van der Waals surface area (Å²) in [6.45, 7) is 4.49. The Hall–Kier alpha value is -11.5. The normalized spacial score (nSPS) is 12.4. The van der Waals surface area contributed by atoms with Gasteiger partial charge in [0.05, 0.1) is 6.85 Å². The summed E-state index contributed by atoms with van der Waals surface area (Å²) in [7, 11) is -2.44. The first-order chi connectivity index (χ1) is 47.4. The van der Waals surface area contributed by atoms with Crippen molar-refractivity contribution in [1.29, 1.82) is 0 Å². The van der Waals surface area contributed by atoms with Crippen molar-refractivity contribution in [3.05, 3.63) is 393 Å². The highest BCUT2D eigenvalue weighted by molar-refractivity contribution is 7.19. The molecule has 1 aliphatic carbocycles. The van der Waals surface area contributed by atoms with Crippen LogP contribution in [-0.4, -0.2) is 8.07 Å². The molecule has 0 bridgehead atoms. The maximum atomic E-state index is 8.18. The Morgan fingerprint density at radius 1 is 0.272 bits per heavy atom. The number of hydrogen-bond acceptors (Lipinski definition) is 4. The van der Waals surface area contributed by atoms with Crippen LogP contribution in [0.5, 0.6) is 0 Å². The van der Waals surface area contributed by atoms with Crippen molar-refractivity contribution in [3.8, 4) is 33.4 Å². The third-order valence-electron chi connectivity index (χ3n) is 17.0. The first-order valence-electron chi connectivity index (χ1n) is 33.6. The van der Waals surface area contributed by atoms with E-state index in [-0.39, 0.29) is 41.2 Å². The second kappa shape index (κ2) is 27.9. The van der Waals surface area contributed by atoms with Crippen LogP contribution < -0.4 is 41.6 Å². The van der Waals surface area contributed by atoms with E-state index in [1.807, 2.05) is 48.5 Å². The van der Waals surface area contributed by atoms with E-state index in [4.69, 9.17) is 6.85 Å². The summed E-state index contributed by atoms with van der Waals surface area (Å²) in [6, 6.07) is 122. The predicted molar refractivity (Wildman–Crippen MR) is 395 cm³/mol. The number of anilines is 9. The molecule has 4 nitrogen and oxygen atoms in total. The molecule has 0 radical (unpaired) electrons. The van der Waals surface area contributed by atoms with Gasteiger partial charge in [0.25, 0.3) is 0 Å². The van der Waals surface area contributed by atoms with Crippen molar-refractivity contribution in [1.82, 2.24) is 0 Å². The van der Waals surface area contributed by atoms with Gasteiger partial charge in [-0.15, -0.1) is 0 Å². The lowest BCUT2D eigenvalue weighted by Crippen LogP contribution is -2.74. The molecule has 0 atom stereocenters. The molecule has 5 heteroatoms. The number of rotatable bonds is 15. The second-order valence-electron chi connectivity index (χ2n) is 23.2. The third-order valence-corrected chi connectivity index (χ3v) is 21.8. The van der Waals surface area contributed by atoms with Crippen LogP contribution >= 0.6 is 0 Å². The number of hydrogen-bond donors (Lipinski definition) is 3. The molecule has 0 heterocycles. The fourth-order valence-electron chi connectivity index (χ4n) is 12.5. The van der Waals surface area contributed by atoms with Crippen molar-refractivity contribution in [2.24, 2.45) is 0 Å². The fourth-order valence-corrected chi connectivity index (χ4v) is 17.2. The smallest absolute Gasteiger partial charge is 0.179 e. The van der Waals surface area contributed by atoms with Crippen molar-refractivity contribution >= 4 is 80.0 Å². The molecular weight excluding hydrogens is 1130 g/mol. The molecule has 0 aromatic heterocycles. The number of para-hydroxylation sites is 4. The van der Waals surface area contributed by atoms with Gasteiger partial charge in [-0.05, 0) is 174 Å². The van der Waals surface area contributed by atoms with Crippen molar-refractivity contribution in [2.75, 3.05) is 20.9 Å². The summed E-state index contributed by atoms with van der Waals surface area (Å²) < 4.78 is 39.9. The van der Waals surface area contributed by atoms with E-state index in [1.165, 1.54) is 54.1 Å². The summed E-state index contributed by atoms with van der Waals surface area (Å²) in [6.07, 6.45) is 0. The summed E-state index contributed by atoms with van der Waals surface area (Å²) >= 11 is 0. The first kappa shape index (κ1) is 53.5. The molecular formula is C87H72N4Si. The lowest BCUT2D eigenvalue weighted by Gasteiger charge is -2.34. The van der Waals surface area contributed by atoms with Crippen molar-refractivity contribution < 1.29 is 6.85 Å². The molecule has 0 spiro atoms. The molecule has 92 heavy (non-hydrogen) atoms. The van der Waals surface area contributed by atoms with Crippen LogP contribution in [0.4, 0.5) is 51.2 Å². The zero-order valence-electron chi connectivity index (χ0n) is 56.4. The minimum Gasteiger partial charge on any atom is -0.356 e. The average Bonchev–Trinajstić information content (AvgIpc) is 1.73. The van der Waals surface area contributed by atoms with Gasteiger partial charge in [0.1, 0.15) is 0 Å². The van der Waals surface area contributed by atoms with Crippen LogP contribution in [-0.2, 0) is 5.41 Å². The van der Waals surface area contributed by atoms with Gasteiger partial charge in [-0.1, -0.05) is 287 Å².